The summed E-state index contributed by atoms with van der Waals surface area (Å²) in [6.45, 7) is 0.763. The highest BCUT2D eigenvalue weighted by Crippen LogP contribution is 2.38. The monoisotopic (exact) mass is 562 g/mol. The van der Waals surface area contributed by atoms with Crippen molar-refractivity contribution in [3.63, 3.8) is 0 Å². The number of pyridine rings is 1. The Kier molecular flexibility index (Phi) is 6.18. The lowest BCUT2D eigenvalue weighted by atomic mass is 10.1. The Hall–Kier alpha value is -4.11. The summed E-state index contributed by atoms with van der Waals surface area (Å²) in [7, 11) is 3.41. The van der Waals surface area contributed by atoms with E-state index in [1.807, 2.05) is 0 Å². The Balaban J connectivity index is 1.31. The summed E-state index contributed by atoms with van der Waals surface area (Å²) in [5, 5.41) is 14.5. The van der Waals surface area contributed by atoms with Crippen molar-refractivity contribution in [3.8, 4) is 11.5 Å². The molecule has 0 spiro atoms. The van der Waals surface area contributed by atoms with Gasteiger partial charge in [0.25, 0.3) is 0 Å². The largest absolute Gasteiger partial charge is 0.450 e. The van der Waals surface area contributed by atoms with Crippen LogP contribution in [0.1, 0.15) is 24.6 Å². The molecule has 204 valence electrons. The molecule has 0 bridgehead atoms. The summed E-state index contributed by atoms with van der Waals surface area (Å²) in [5.74, 6) is 1.50. The molecule has 0 saturated carbocycles. The quantitative estimate of drug-likeness (QED) is 0.300. The lowest BCUT2D eigenvalue weighted by Gasteiger charge is -2.24. The van der Waals surface area contributed by atoms with Crippen LogP contribution in [0.5, 0.6) is 11.5 Å². The fourth-order valence-corrected chi connectivity index (χ4v) is 4.77. The average molecular weight is 563 g/mol. The molecule has 39 heavy (non-hydrogen) atoms. The molecule has 1 aliphatic heterocycles. The van der Waals surface area contributed by atoms with Gasteiger partial charge in [-0.2, -0.15) is 28.4 Å². The molecule has 0 unspecified atom stereocenters. The van der Waals surface area contributed by atoms with Gasteiger partial charge in [-0.3, -0.25) is 4.68 Å². The first-order valence-electron chi connectivity index (χ1n) is 11.9. The molecular weight excluding hydrogens is 541 g/mol. The Morgan fingerprint density at radius 1 is 1.10 bits per heavy atom. The van der Waals surface area contributed by atoms with Crippen LogP contribution in [0, 0.1) is 0 Å². The molecule has 1 fully saturated rings. The minimum absolute atomic E-state index is 0.000359. The van der Waals surface area contributed by atoms with Gasteiger partial charge in [-0.1, -0.05) is 11.6 Å². The average Bonchev–Trinajstić information content (AvgIpc) is 3.62. The standard InChI is InChI=1S/C23H22ClF3N10O2/c1-28-18-11-36-13(8-29-18)14(10-31-36)39-15-9-30-21-20(19(15)24)35(2)22(33-21)32-17-7-16(23(25,26)27)37(34-17)12-3-5-38-6-4-12/h7-12,28H,3-6H2,1-2H3,(H,30,32,33,34). The maximum absolute atomic E-state index is 13.8. The van der Waals surface area contributed by atoms with Crippen molar-refractivity contribution < 1.29 is 22.6 Å². The summed E-state index contributed by atoms with van der Waals surface area (Å²) in [6, 6.07) is 0.555. The van der Waals surface area contributed by atoms with Crippen molar-refractivity contribution in [1.82, 2.24) is 38.9 Å². The second kappa shape index (κ2) is 9.57. The third-order valence-electron chi connectivity index (χ3n) is 6.45. The fourth-order valence-electron chi connectivity index (χ4n) is 4.47. The lowest BCUT2D eigenvalue weighted by molar-refractivity contribution is -0.145. The number of anilines is 3. The van der Waals surface area contributed by atoms with Gasteiger partial charge in [-0.25, -0.2) is 14.5 Å². The van der Waals surface area contributed by atoms with Crippen molar-refractivity contribution in [2.75, 3.05) is 30.9 Å². The van der Waals surface area contributed by atoms with Gasteiger partial charge < -0.3 is 24.7 Å². The molecule has 6 heterocycles. The minimum Gasteiger partial charge on any atom is -0.450 e. The number of imidazole rings is 1. The number of rotatable bonds is 6. The third kappa shape index (κ3) is 4.57. The molecule has 0 aromatic carbocycles. The van der Waals surface area contributed by atoms with E-state index < -0.39 is 17.9 Å². The van der Waals surface area contributed by atoms with Crippen molar-refractivity contribution in [1.29, 1.82) is 0 Å². The number of halogens is 4. The second-order valence-corrected chi connectivity index (χ2v) is 9.27. The smallest absolute Gasteiger partial charge is 0.433 e. The van der Waals surface area contributed by atoms with Crippen LogP contribution in [0.15, 0.2) is 30.9 Å². The molecule has 1 saturated heterocycles. The van der Waals surface area contributed by atoms with Crippen LogP contribution >= 0.6 is 11.6 Å². The number of nitrogens with zero attached hydrogens (tertiary/aromatic N) is 8. The number of nitrogens with one attached hydrogen (secondary N) is 2. The number of hydrogen-bond donors (Lipinski definition) is 2. The first-order valence-corrected chi connectivity index (χ1v) is 12.3. The van der Waals surface area contributed by atoms with Crippen LogP contribution in [-0.2, 0) is 18.0 Å². The van der Waals surface area contributed by atoms with Crippen LogP contribution in [0.2, 0.25) is 5.02 Å². The zero-order valence-electron chi connectivity index (χ0n) is 20.7. The van der Waals surface area contributed by atoms with Crippen LogP contribution in [0.3, 0.4) is 0 Å². The predicted molar refractivity (Wildman–Crippen MR) is 136 cm³/mol. The number of hydrogen-bond acceptors (Lipinski definition) is 9. The molecule has 5 aromatic rings. The molecule has 0 amide bonds. The molecule has 6 rings (SSSR count). The molecule has 16 heteroatoms. The van der Waals surface area contributed by atoms with Crippen molar-refractivity contribution in [2.45, 2.75) is 25.1 Å². The normalized spacial score (nSPS) is 14.8. The molecular formula is C23H22ClF3N10O2. The van der Waals surface area contributed by atoms with Gasteiger partial charge in [-0.05, 0) is 12.8 Å². The summed E-state index contributed by atoms with van der Waals surface area (Å²) in [5.41, 5.74) is 0.464. The van der Waals surface area contributed by atoms with Crippen molar-refractivity contribution >= 4 is 45.9 Å². The van der Waals surface area contributed by atoms with E-state index in [4.69, 9.17) is 21.1 Å². The SMILES string of the molecule is CNc1cn2ncc(Oc3cnc4nc(Nc5cc(C(F)(F)F)n(C6CCOCC6)n5)n(C)c4c3Cl)c2cn1. The Labute approximate surface area is 223 Å². The van der Waals surface area contributed by atoms with E-state index in [0.717, 1.165) is 10.7 Å². The van der Waals surface area contributed by atoms with Crippen LogP contribution in [0.4, 0.5) is 30.8 Å². The fraction of sp³-hybridized carbons (Fsp3) is 0.348. The second-order valence-electron chi connectivity index (χ2n) is 8.89. The Bertz CT molecular complexity index is 1670. The summed E-state index contributed by atoms with van der Waals surface area (Å²) in [6.07, 6.45) is 2.57. The van der Waals surface area contributed by atoms with Gasteiger partial charge in [-0.15, -0.1) is 0 Å². The van der Waals surface area contributed by atoms with Gasteiger partial charge >= 0.3 is 6.18 Å². The molecule has 0 atom stereocenters. The first kappa shape index (κ1) is 25.2. The summed E-state index contributed by atoms with van der Waals surface area (Å²) >= 11 is 6.68. The van der Waals surface area contributed by atoms with E-state index in [-0.39, 0.29) is 28.2 Å². The van der Waals surface area contributed by atoms with Crippen molar-refractivity contribution in [3.05, 3.63) is 41.6 Å². The van der Waals surface area contributed by atoms with Gasteiger partial charge in [0.1, 0.15) is 27.6 Å². The van der Waals surface area contributed by atoms with Gasteiger partial charge in [0.15, 0.2) is 23.0 Å². The van der Waals surface area contributed by atoms with E-state index in [9.17, 15) is 13.2 Å². The summed E-state index contributed by atoms with van der Waals surface area (Å²) in [4.78, 5) is 13.0. The van der Waals surface area contributed by atoms with E-state index >= 15 is 0 Å². The first-order chi connectivity index (χ1) is 18.7. The highest BCUT2D eigenvalue weighted by Gasteiger charge is 2.38. The molecule has 5 aromatic heterocycles. The van der Waals surface area contributed by atoms with Gasteiger partial charge in [0, 0.05) is 33.4 Å². The zero-order chi connectivity index (χ0) is 27.3. The Morgan fingerprint density at radius 2 is 1.90 bits per heavy atom. The van der Waals surface area contributed by atoms with E-state index in [2.05, 4.69) is 35.8 Å². The number of ether oxygens (including phenoxy) is 2. The topological polar surface area (TPSA) is 121 Å². The minimum atomic E-state index is -4.57. The molecule has 0 aliphatic carbocycles. The molecule has 1 aliphatic rings. The van der Waals surface area contributed by atoms with E-state index in [0.29, 0.717) is 48.7 Å². The maximum Gasteiger partial charge on any atom is 0.433 e. The number of aryl methyl sites for hydroxylation is 1. The van der Waals surface area contributed by atoms with Crippen LogP contribution in [-0.4, -0.2) is 59.2 Å². The Morgan fingerprint density at radius 3 is 2.64 bits per heavy atom. The highest BCUT2D eigenvalue weighted by atomic mass is 35.5. The maximum atomic E-state index is 13.8. The summed E-state index contributed by atoms with van der Waals surface area (Å²) < 4.78 is 56.9. The van der Waals surface area contributed by atoms with Gasteiger partial charge in [0.05, 0.1) is 30.8 Å². The van der Waals surface area contributed by atoms with E-state index in [1.54, 1.807) is 35.6 Å². The molecule has 12 nitrogen and oxygen atoms in total. The van der Waals surface area contributed by atoms with E-state index in [1.165, 1.54) is 12.4 Å². The highest BCUT2D eigenvalue weighted by molar-refractivity contribution is 6.36. The molecule has 2 N–H and O–H groups in total. The lowest BCUT2D eigenvalue weighted by Crippen LogP contribution is -2.25. The predicted octanol–water partition coefficient (Wildman–Crippen LogP) is 4.81. The third-order valence-corrected chi connectivity index (χ3v) is 6.82. The molecule has 0 radical (unpaired) electrons. The number of aromatic nitrogens is 8. The van der Waals surface area contributed by atoms with Gasteiger partial charge in [0.2, 0.25) is 5.95 Å². The van der Waals surface area contributed by atoms with Crippen molar-refractivity contribution in [2.24, 2.45) is 7.05 Å². The van der Waals surface area contributed by atoms with Crippen LogP contribution in [0.25, 0.3) is 16.7 Å². The number of alkyl halides is 3. The zero-order valence-corrected chi connectivity index (χ0v) is 21.5. The van der Waals surface area contributed by atoms with Crippen LogP contribution < -0.4 is 15.4 Å². The number of fused-ring (bicyclic) bond motifs is 2.